The van der Waals surface area contributed by atoms with Crippen LogP contribution in [-0.2, 0) is 14.3 Å². The van der Waals surface area contributed by atoms with E-state index in [2.05, 4.69) is 11.1 Å². The molecule has 1 aromatic carbocycles. The number of benzene rings is 1. The number of allylic oxidation sites excluding steroid dienone is 1. The lowest BCUT2D eigenvalue weighted by Crippen LogP contribution is -2.25. The van der Waals surface area contributed by atoms with Crippen LogP contribution in [-0.4, -0.2) is 25.2 Å². The van der Waals surface area contributed by atoms with Gasteiger partial charge < -0.3 is 19.9 Å². The first-order valence-electron chi connectivity index (χ1n) is 8.05. The number of esters is 1. The number of pyridine rings is 1. The number of carbonyl (C=O) groups excluding carboxylic acids is 1. The third kappa shape index (κ3) is 3.33. The molecule has 1 aliphatic rings. The van der Waals surface area contributed by atoms with Gasteiger partial charge in [-0.25, -0.2) is 4.79 Å². The zero-order chi connectivity index (χ0) is 19.4. The van der Waals surface area contributed by atoms with Crippen LogP contribution in [0.2, 0.25) is 0 Å². The summed E-state index contributed by atoms with van der Waals surface area (Å²) in [6, 6.07) is 12.5. The minimum Gasteiger partial charge on any atom is -0.497 e. The first kappa shape index (κ1) is 18.0. The summed E-state index contributed by atoms with van der Waals surface area (Å²) in [6.07, 6.45) is 3.14. The summed E-state index contributed by atoms with van der Waals surface area (Å²) in [4.78, 5) is 16.6. The van der Waals surface area contributed by atoms with Crippen LogP contribution in [0.5, 0.6) is 5.75 Å². The monoisotopic (exact) mass is 363 g/mol. The van der Waals surface area contributed by atoms with Gasteiger partial charge in [0, 0.05) is 18.0 Å². The summed E-state index contributed by atoms with van der Waals surface area (Å²) in [5.41, 5.74) is 7.63. The Hall–Kier alpha value is -3.79. The van der Waals surface area contributed by atoms with E-state index in [1.165, 1.54) is 7.11 Å². The largest absolute Gasteiger partial charge is 0.497 e. The van der Waals surface area contributed by atoms with Crippen molar-refractivity contribution in [2.24, 2.45) is 5.73 Å². The van der Waals surface area contributed by atoms with Crippen LogP contribution in [0, 0.1) is 11.3 Å². The van der Waals surface area contributed by atoms with Crippen LogP contribution in [0.25, 0.3) is 5.76 Å². The zero-order valence-corrected chi connectivity index (χ0v) is 14.8. The molecule has 27 heavy (non-hydrogen) atoms. The Morgan fingerprint density at radius 3 is 2.41 bits per heavy atom. The first-order chi connectivity index (χ1) is 13.1. The standard InChI is InChI=1S/C20H17N3O4/c1-25-14-5-3-12(4-6-14)16-15(11-21)19(22)27-18(17(16)20(24)26-2)13-7-9-23-10-8-13/h3-10,16H,22H2,1-2H3. The van der Waals surface area contributed by atoms with E-state index in [9.17, 15) is 10.1 Å². The molecule has 136 valence electrons. The van der Waals surface area contributed by atoms with E-state index in [4.69, 9.17) is 19.9 Å². The molecule has 7 heteroatoms. The van der Waals surface area contributed by atoms with Gasteiger partial charge in [0.25, 0.3) is 0 Å². The molecular weight excluding hydrogens is 346 g/mol. The van der Waals surface area contributed by atoms with Crippen LogP contribution in [0.1, 0.15) is 17.0 Å². The maximum absolute atomic E-state index is 12.7. The second-order valence-electron chi connectivity index (χ2n) is 5.67. The number of nitriles is 1. The predicted molar refractivity (Wildman–Crippen MR) is 96.8 cm³/mol. The van der Waals surface area contributed by atoms with E-state index in [1.54, 1.807) is 55.9 Å². The molecule has 0 spiro atoms. The van der Waals surface area contributed by atoms with Crippen molar-refractivity contribution in [3.63, 3.8) is 0 Å². The Labute approximate surface area is 156 Å². The summed E-state index contributed by atoms with van der Waals surface area (Å²) in [5.74, 6) is -0.508. The second kappa shape index (κ2) is 7.62. The molecule has 2 N–H and O–H groups in total. The lowest BCUT2D eigenvalue weighted by molar-refractivity contribution is -0.136. The molecule has 0 radical (unpaired) electrons. The number of rotatable bonds is 4. The summed E-state index contributed by atoms with van der Waals surface area (Å²) in [6.45, 7) is 0. The molecule has 2 heterocycles. The van der Waals surface area contributed by atoms with Gasteiger partial charge in [-0.2, -0.15) is 5.26 Å². The first-order valence-corrected chi connectivity index (χ1v) is 8.05. The van der Waals surface area contributed by atoms with Gasteiger partial charge in [0.15, 0.2) is 0 Å². The summed E-state index contributed by atoms with van der Waals surface area (Å²) in [5, 5.41) is 9.65. The molecule has 1 unspecified atom stereocenters. The molecule has 0 saturated carbocycles. The maximum atomic E-state index is 12.7. The van der Waals surface area contributed by atoms with Crippen molar-refractivity contribution in [1.82, 2.24) is 4.98 Å². The van der Waals surface area contributed by atoms with Crippen molar-refractivity contribution in [2.75, 3.05) is 14.2 Å². The molecule has 1 aromatic heterocycles. The number of carbonyl (C=O) groups is 1. The number of aromatic nitrogens is 1. The average Bonchev–Trinajstić information content (AvgIpc) is 2.73. The third-order valence-corrected chi connectivity index (χ3v) is 4.22. The molecule has 0 fully saturated rings. The number of nitrogens with zero attached hydrogens (tertiary/aromatic N) is 2. The molecule has 7 nitrogen and oxygen atoms in total. The number of hydrogen-bond acceptors (Lipinski definition) is 7. The second-order valence-corrected chi connectivity index (χ2v) is 5.67. The van der Waals surface area contributed by atoms with Crippen LogP contribution in [0.3, 0.4) is 0 Å². The van der Waals surface area contributed by atoms with E-state index in [-0.39, 0.29) is 22.8 Å². The molecule has 0 aliphatic carbocycles. The molecule has 1 aliphatic heterocycles. The highest BCUT2D eigenvalue weighted by Gasteiger charge is 2.38. The van der Waals surface area contributed by atoms with Crippen LogP contribution < -0.4 is 10.5 Å². The molecule has 0 amide bonds. The Balaban J connectivity index is 2.25. The van der Waals surface area contributed by atoms with Crippen molar-refractivity contribution in [3.05, 3.63) is 76.9 Å². The van der Waals surface area contributed by atoms with Crippen molar-refractivity contribution in [3.8, 4) is 11.8 Å². The fourth-order valence-electron chi connectivity index (χ4n) is 2.93. The summed E-state index contributed by atoms with van der Waals surface area (Å²) in [7, 11) is 2.84. The average molecular weight is 363 g/mol. The normalized spacial score (nSPS) is 16.4. The van der Waals surface area contributed by atoms with Gasteiger partial charge in [0.05, 0.1) is 25.7 Å². The smallest absolute Gasteiger partial charge is 0.338 e. The predicted octanol–water partition coefficient (Wildman–Crippen LogP) is 2.48. The fraction of sp³-hybridized carbons (Fsp3) is 0.150. The number of nitrogens with two attached hydrogens (primary N) is 1. The number of ether oxygens (including phenoxy) is 3. The van der Waals surface area contributed by atoms with Crippen LogP contribution in [0.4, 0.5) is 0 Å². The van der Waals surface area contributed by atoms with Crippen LogP contribution in [0.15, 0.2) is 65.8 Å². The Kier molecular flexibility index (Phi) is 5.08. The Morgan fingerprint density at radius 2 is 1.85 bits per heavy atom. The maximum Gasteiger partial charge on any atom is 0.338 e. The molecule has 3 rings (SSSR count). The molecule has 0 bridgehead atoms. The van der Waals surface area contributed by atoms with Crippen molar-refractivity contribution >= 4 is 11.7 Å². The SMILES string of the molecule is COC(=O)C1=C(c2ccncc2)OC(N)=C(C#N)C1c1ccc(OC)cc1. The van der Waals surface area contributed by atoms with Gasteiger partial charge in [0.1, 0.15) is 23.2 Å². The molecule has 2 aromatic rings. The highest BCUT2D eigenvalue weighted by molar-refractivity contribution is 5.99. The highest BCUT2D eigenvalue weighted by atomic mass is 16.5. The van der Waals surface area contributed by atoms with E-state index < -0.39 is 11.9 Å². The summed E-state index contributed by atoms with van der Waals surface area (Å²) < 4.78 is 15.8. The van der Waals surface area contributed by atoms with Gasteiger partial charge in [-0.1, -0.05) is 12.1 Å². The quantitative estimate of drug-likeness (QED) is 0.831. The lowest BCUT2D eigenvalue weighted by Gasteiger charge is -2.28. The van der Waals surface area contributed by atoms with Gasteiger partial charge in [-0.15, -0.1) is 0 Å². The van der Waals surface area contributed by atoms with E-state index in [0.29, 0.717) is 16.9 Å². The number of methoxy groups -OCH3 is 2. The highest BCUT2D eigenvalue weighted by Crippen LogP contribution is 2.42. The van der Waals surface area contributed by atoms with Crippen molar-refractivity contribution < 1.29 is 19.0 Å². The van der Waals surface area contributed by atoms with E-state index in [1.807, 2.05) is 0 Å². The van der Waals surface area contributed by atoms with Gasteiger partial charge in [0.2, 0.25) is 5.88 Å². The van der Waals surface area contributed by atoms with Crippen LogP contribution >= 0.6 is 0 Å². The minimum atomic E-state index is -0.731. The molecular formula is C20H17N3O4. The zero-order valence-electron chi connectivity index (χ0n) is 14.8. The molecule has 1 atom stereocenters. The number of hydrogen-bond donors (Lipinski definition) is 1. The lowest BCUT2D eigenvalue weighted by atomic mass is 9.82. The Morgan fingerprint density at radius 1 is 1.19 bits per heavy atom. The topological polar surface area (TPSA) is 107 Å². The Bertz CT molecular complexity index is 957. The van der Waals surface area contributed by atoms with Gasteiger partial charge in [-0.05, 0) is 29.8 Å². The van der Waals surface area contributed by atoms with E-state index >= 15 is 0 Å². The van der Waals surface area contributed by atoms with Gasteiger partial charge >= 0.3 is 5.97 Å². The summed E-state index contributed by atoms with van der Waals surface area (Å²) >= 11 is 0. The minimum absolute atomic E-state index is 0.0576. The van der Waals surface area contributed by atoms with E-state index in [0.717, 1.165) is 0 Å². The molecule has 0 saturated heterocycles. The van der Waals surface area contributed by atoms with Crippen molar-refractivity contribution in [1.29, 1.82) is 5.26 Å². The fourth-order valence-corrected chi connectivity index (χ4v) is 2.93. The van der Waals surface area contributed by atoms with Gasteiger partial charge in [-0.3, -0.25) is 4.98 Å². The third-order valence-electron chi connectivity index (χ3n) is 4.22. The van der Waals surface area contributed by atoms with Crippen molar-refractivity contribution in [2.45, 2.75) is 5.92 Å².